The van der Waals surface area contributed by atoms with Crippen molar-refractivity contribution >= 4 is 21.6 Å². The highest BCUT2D eigenvalue weighted by molar-refractivity contribution is 7.92. The molecule has 0 bridgehead atoms. The van der Waals surface area contributed by atoms with E-state index in [-0.39, 0.29) is 18.2 Å². The van der Waals surface area contributed by atoms with E-state index >= 15 is 0 Å². The van der Waals surface area contributed by atoms with Crippen LogP contribution in [0.15, 0.2) is 84.9 Å². The van der Waals surface area contributed by atoms with Crippen LogP contribution in [-0.2, 0) is 27.1 Å². The lowest BCUT2D eigenvalue weighted by Gasteiger charge is -2.36. The fraction of sp³-hybridized carbons (Fsp3) is 0.208. The molecule has 0 saturated heterocycles. The molecule has 1 aliphatic heterocycles. The number of carbonyl (C=O) groups is 1. The van der Waals surface area contributed by atoms with Gasteiger partial charge in [0.05, 0.1) is 18.0 Å². The molecular formula is C24H24N2O4S. The summed E-state index contributed by atoms with van der Waals surface area (Å²) in [7, 11) is -2.02. The highest BCUT2D eigenvalue weighted by Gasteiger charge is 2.37. The second kappa shape index (κ2) is 8.81. The molecule has 4 rings (SSSR count). The lowest BCUT2D eigenvalue weighted by molar-refractivity contribution is -0.137. The van der Waals surface area contributed by atoms with E-state index in [1.54, 1.807) is 48.3 Å². The number of hydrogen-bond acceptors (Lipinski definition) is 4. The van der Waals surface area contributed by atoms with Crippen molar-refractivity contribution in [3.05, 3.63) is 96.1 Å². The molecule has 3 aromatic carbocycles. The Morgan fingerprint density at radius 3 is 2.19 bits per heavy atom. The van der Waals surface area contributed by atoms with E-state index in [0.29, 0.717) is 23.5 Å². The Hall–Kier alpha value is -3.32. The van der Waals surface area contributed by atoms with Gasteiger partial charge >= 0.3 is 0 Å². The highest BCUT2D eigenvalue weighted by atomic mass is 32.2. The van der Waals surface area contributed by atoms with Crippen LogP contribution in [0.3, 0.4) is 0 Å². The number of amides is 1. The third-order valence-corrected chi connectivity index (χ3v) is 6.89. The van der Waals surface area contributed by atoms with Crippen molar-refractivity contribution in [3.63, 3.8) is 0 Å². The molecule has 1 unspecified atom stereocenters. The van der Waals surface area contributed by atoms with Crippen LogP contribution in [-0.4, -0.2) is 38.9 Å². The minimum absolute atomic E-state index is 0.0653. The fourth-order valence-electron chi connectivity index (χ4n) is 3.64. The smallest absolute Gasteiger partial charge is 0.265 e. The van der Waals surface area contributed by atoms with Gasteiger partial charge in [0.15, 0.2) is 6.10 Å². The standard InChI is InChI=1S/C24H24N2O4S/c1-25(16-19-10-4-2-5-11-19)24(27)23-17-26(21-14-8-9-15-22(21)30-23)31(28,29)18-20-12-6-3-7-13-20/h2-15,23H,16-18H2,1H3. The van der Waals surface area contributed by atoms with E-state index in [0.717, 1.165) is 5.56 Å². The van der Waals surface area contributed by atoms with Crippen molar-refractivity contribution in [2.75, 3.05) is 17.9 Å². The van der Waals surface area contributed by atoms with Crippen molar-refractivity contribution < 1.29 is 17.9 Å². The molecule has 0 aromatic heterocycles. The first-order valence-corrected chi connectivity index (χ1v) is 11.6. The minimum atomic E-state index is -3.72. The summed E-state index contributed by atoms with van der Waals surface area (Å²) in [6.45, 7) is 0.349. The first kappa shape index (κ1) is 20.9. The van der Waals surface area contributed by atoms with Gasteiger partial charge in [-0.1, -0.05) is 72.8 Å². The maximum atomic E-state index is 13.3. The molecule has 1 amide bonds. The van der Waals surface area contributed by atoms with Gasteiger partial charge < -0.3 is 9.64 Å². The first-order chi connectivity index (χ1) is 14.9. The Morgan fingerprint density at radius 1 is 0.935 bits per heavy atom. The van der Waals surface area contributed by atoms with Crippen LogP contribution in [0.4, 0.5) is 5.69 Å². The van der Waals surface area contributed by atoms with Gasteiger partial charge in [-0.25, -0.2) is 8.42 Å². The molecule has 3 aromatic rings. The molecule has 0 fully saturated rings. The summed E-state index contributed by atoms with van der Waals surface area (Å²) >= 11 is 0. The molecule has 6 nitrogen and oxygen atoms in total. The summed E-state index contributed by atoms with van der Waals surface area (Å²) in [5.41, 5.74) is 2.13. The molecule has 1 aliphatic rings. The molecule has 0 radical (unpaired) electrons. The third-order valence-electron chi connectivity index (χ3n) is 5.18. The van der Waals surface area contributed by atoms with Crippen LogP contribution < -0.4 is 9.04 Å². The zero-order valence-electron chi connectivity index (χ0n) is 17.2. The largest absolute Gasteiger partial charge is 0.476 e. The Bertz CT molecular complexity index is 1150. The summed E-state index contributed by atoms with van der Waals surface area (Å²) in [5, 5.41) is 0. The zero-order chi connectivity index (χ0) is 21.8. The quantitative estimate of drug-likeness (QED) is 0.594. The number of fused-ring (bicyclic) bond motifs is 1. The van der Waals surface area contributed by atoms with Crippen molar-refractivity contribution in [3.8, 4) is 5.75 Å². The maximum Gasteiger partial charge on any atom is 0.265 e. The SMILES string of the molecule is CN(Cc1ccccc1)C(=O)C1CN(S(=O)(=O)Cc2ccccc2)c2ccccc2O1. The van der Waals surface area contributed by atoms with Crippen molar-refractivity contribution in [2.45, 2.75) is 18.4 Å². The average Bonchev–Trinajstić information content (AvgIpc) is 2.79. The summed E-state index contributed by atoms with van der Waals surface area (Å²) < 4.78 is 33.8. The van der Waals surface area contributed by atoms with E-state index in [4.69, 9.17) is 4.74 Å². The van der Waals surface area contributed by atoms with Gasteiger partial charge in [0.25, 0.3) is 5.91 Å². The fourth-order valence-corrected chi connectivity index (χ4v) is 5.22. The van der Waals surface area contributed by atoms with Crippen LogP contribution in [0.5, 0.6) is 5.75 Å². The Morgan fingerprint density at radius 2 is 1.52 bits per heavy atom. The Kier molecular flexibility index (Phi) is 5.95. The monoisotopic (exact) mass is 436 g/mol. The molecule has 0 spiro atoms. The van der Waals surface area contributed by atoms with E-state index in [2.05, 4.69) is 0 Å². The number of rotatable bonds is 6. The van der Waals surface area contributed by atoms with Gasteiger partial charge in [-0.3, -0.25) is 9.10 Å². The minimum Gasteiger partial charge on any atom is -0.476 e. The molecule has 31 heavy (non-hydrogen) atoms. The van der Waals surface area contributed by atoms with Crippen LogP contribution >= 0.6 is 0 Å². The lowest BCUT2D eigenvalue weighted by atomic mass is 10.2. The topological polar surface area (TPSA) is 66.9 Å². The van der Waals surface area contributed by atoms with Gasteiger partial charge in [-0.2, -0.15) is 0 Å². The number of anilines is 1. The van der Waals surface area contributed by atoms with Crippen molar-refractivity contribution in [1.82, 2.24) is 4.90 Å². The Labute approximate surface area is 182 Å². The van der Waals surface area contributed by atoms with Gasteiger partial charge in [0, 0.05) is 13.6 Å². The summed E-state index contributed by atoms with van der Waals surface area (Å²) in [5.74, 6) is -0.0294. The normalized spacial score (nSPS) is 15.6. The molecule has 0 aliphatic carbocycles. The Balaban J connectivity index is 1.59. The number of para-hydroxylation sites is 2. The van der Waals surface area contributed by atoms with E-state index < -0.39 is 16.1 Å². The molecule has 0 N–H and O–H groups in total. The number of nitrogens with zero attached hydrogens (tertiary/aromatic N) is 2. The third kappa shape index (κ3) is 4.72. The van der Waals surface area contributed by atoms with Gasteiger partial charge in [0.1, 0.15) is 5.75 Å². The molecule has 1 atom stereocenters. The summed E-state index contributed by atoms with van der Waals surface area (Å²) in [6.07, 6.45) is -0.922. The van der Waals surface area contributed by atoms with Crippen LogP contribution in [0.1, 0.15) is 11.1 Å². The van der Waals surface area contributed by atoms with Gasteiger partial charge in [-0.05, 0) is 23.3 Å². The lowest BCUT2D eigenvalue weighted by Crippen LogP contribution is -2.51. The number of carbonyl (C=O) groups excluding carboxylic acids is 1. The predicted octanol–water partition coefficient (Wildman–Crippen LogP) is 3.44. The molecule has 7 heteroatoms. The van der Waals surface area contributed by atoms with Crippen LogP contribution in [0.2, 0.25) is 0 Å². The summed E-state index contributed by atoms with van der Waals surface area (Å²) in [4.78, 5) is 14.7. The molecule has 1 heterocycles. The number of sulfonamides is 1. The van der Waals surface area contributed by atoms with E-state index in [9.17, 15) is 13.2 Å². The number of hydrogen-bond donors (Lipinski definition) is 0. The molecule has 0 saturated carbocycles. The second-order valence-electron chi connectivity index (χ2n) is 7.53. The zero-order valence-corrected chi connectivity index (χ0v) is 18.0. The summed E-state index contributed by atoms with van der Waals surface area (Å²) in [6, 6.07) is 25.6. The first-order valence-electron chi connectivity index (χ1n) is 10.0. The second-order valence-corrected chi connectivity index (χ2v) is 9.42. The van der Waals surface area contributed by atoms with Crippen LogP contribution in [0.25, 0.3) is 0 Å². The number of benzene rings is 3. The average molecular weight is 437 g/mol. The van der Waals surface area contributed by atoms with Crippen molar-refractivity contribution in [2.24, 2.45) is 0 Å². The molecule has 160 valence electrons. The van der Waals surface area contributed by atoms with Crippen molar-refractivity contribution in [1.29, 1.82) is 0 Å². The highest BCUT2D eigenvalue weighted by Crippen LogP contribution is 2.36. The van der Waals surface area contributed by atoms with Gasteiger partial charge in [-0.15, -0.1) is 0 Å². The molecular weight excluding hydrogens is 412 g/mol. The predicted molar refractivity (Wildman–Crippen MR) is 120 cm³/mol. The van der Waals surface area contributed by atoms with E-state index in [1.165, 1.54) is 4.31 Å². The maximum absolute atomic E-state index is 13.3. The number of ether oxygens (including phenoxy) is 1. The van der Waals surface area contributed by atoms with Gasteiger partial charge in [0.2, 0.25) is 10.0 Å². The number of likely N-dealkylation sites (N-methyl/N-ethyl adjacent to an activating group) is 1. The van der Waals surface area contributed by atoms with E-state index in [1.807, 2.05) is 48.5 Å². The van der Waals surface area contributed by atoms with Crippen LogP contribution in [0, 0.1) is 0 Å².